The van der Waals surface area contributed by atoms with E-state index in [-0.39, 0.29) is 0 Å². The lowest BCUT2D eigenvalue weighted by Crippen LogP contribution is -2.14. The molecule has 0 saturated carbocycles. The molecule has 2 rings (SSSR count). The van der Waals surface area contributed by atoms with Gasteiger partial charge in [-0.05, 0) is 36.4 Å². The molecule has 0 radical (unpaired) electrons. The standard InChI is InChI=1S/C14H16N4O2/c15-11-1-3-12(4-2-11)20-8-7-18-13-9-10(14(16)19)5-6-17-13/h1-6,9H,7-8,15H2,(H2,16,19)(H,17,18). The van der Waals surface area contributed by atoms with Gasteiger partial charge in [0.15, 0.2) is 0 Å². The Kier molecular flexibility index (Phi) is 4.39. The van der Waals surface area contributed by atoms with Crippen molar-refractivity contribution >= 4 is 17.4 Å². The third kappa shape index (κ3) is 3.88. The van der Waals surface area contributed by atoms with Gasteiger partial charge in [-0.3, -0.25) is 4.79 Å². The molecule has 20 heavy (non-hydrogen) atoms. The number of anilines is 2. The van der Waals surface area contributed by atoms with Crippen LogP contribution in [0, 0.1) is 0 Å². The van der Waals surface area contributed by atoms with Crippen molar-refractivity contribution in [3.8, 4) is 5.75 Å². The molecule has 2 aromatic rings. The van der Waals surface area contributed by atoms with E-state index >= 15 is 0 Å². The average Bonchev–Trinajstić information content (AvgIpc) is 2.46. The van der Waals surface area contributed by atoms with E-state index in [4.69, 9.17) is 16.2 Å². The molecule has 1 amide bonds. The minimum Gasteiger partial charge on any atom is -0.492 e. The normalized spacial score (nSPS) is 10.0. The Morgan fingerprint density at radius 2 is 2.00 bits per heavy atom. The highest BCUT2D eigenvalue weighted by molar-refractivity contribution is 5.93. The topological polar surface area (TPSA) is 103 Å². The predicted octanol–water partition coefficient (Wildman–Crippen LogP) is 1.25. The zero-order valence-electron chi connectivity index (χ0n) is 10.9. The van der Waals surface area contributed by atoms with E-state index in [1.54, 1.807) is 36.4 Å². The van der Waals surface area contributed by atoms with Crippen LogP contribution in [0.2, 0.25) is 0 Å². The number of amides is 1. The summed E-state index contributed by atoms with van der Waals surface area (Å²) in [6.45, 7) is 1.02. The maximum absolute atomic E-state index is 11.0. The van der Waals surface area contributed by atoms with Crippen molar-refractivity contribution in [3.63, 3.8) is 0 Å². The fourth-order valence-corrected chi connectivity index (χ4v) is 1.59. The number of aromatic nitrogens is 1. The molecule has 5 N–H and O–H groups in total. The van der Waals surface area contributed by atoms with Crippen LogP contribution in [0.1, 0.15) is 10.4 Å². The number of carbonyl (C=O) groups excluding carboxylic acids is 1. The minimum absolute atomic E-state index is 0.418. The van der Waals surface area contributed by atoms with E-state index in [1.165, 1.54) is 6.20 Å². The lowest BCUT2D eigenvalue weighted by atomic mass is 10.2. The Morgan fingerprint density at radius 1 is 1.25 bits per heavy atom. The number of carbonyl (C=O) groups is 1. The van der Waals surface area contributed by atoms with Crippen molar-refractivity contribution in [3.05, 3.63) is 48.2 Å². The lowest BCUT2D eigenvalue weighted by molar-refractivity contribution is 0.1000. The summed E-state index contributed by atoms with van der Waals surface area (Å²) >= 11 is 0. The molecule has 0 aliphatic heterocycles. The Balaban J connectivity index is 1.79. The molecule has 0 bridgehead atoms. The van der Waals surface area contributed by atoms with Crippen LogP contribution in [0.5, 0.6) is 5.75 Å². The first-order chi connectivity index (χ1) is 9.65. The van der Waals surface area contributed by atoms with Crippen LogP contribution in [0.3, 0.4) is 0 Å². The zero-order valence-corrected chi connectivity index (χ0v) is 10.9. The molecule has 0 saturated heterocycles. The summed E-state index contributed by atoms with van der Waals surface area (Å²) in [7, 11) is 0. The van der Waals surface area contributed by atoms with Gasteiger partial charge in [-0.25, -0.2) is 4.98 Å². The summed E-state index contributed by atoms with van der Waals surface area (Å²) in [5.74, 6) is 0.857. The Labute approximate surface area is 116 Å². The van der Waals surface area contributed by atoms with E-state index in [2.05, 4.69) is 10.3 Å². The molecule has 0 aliphatic carbocycles. The molecular weight excluding hydrogens is 256 g/mol. The van der Waals surface area contributed by atoms with Crippen molar-refractivity contribution in [1.82, 2.24) is 4.98 Å². The summed E-state index contributed by atoms with van der Waals surface area (Å²) in [5, 5.41) is 3.05. The highest BCUT2D eigenvalue weighted by Gasteiger charge is 2.01. The van der Waals surface area contributed by atoms with Crippen molar-refractivity contribution in [2.24, 2.45) is 5.73 Å². The molecule has 6 heteroatoms. The maximum atomic E-state index is 11.0. The van der Waals surface area contributed by atoms with Crippen LogP contribution < -0.4 is 21.5 Å². The van der Waals surface area contributed by atoms with Gasteiger partial charge in [0, 0.05) is 17.4 Å². The largest absolute Gasteiger partial charge is 0.492 e. The lowest BCUT2D eigenvalue weighted by Gasteiger charge is -2.08. The van der Waals surface area contributed by atoms with Gasteiger partial charge in [0.05, 0.1) is 6.54 Å². The number of hydrogen-bond donors (Lipinski definition) is 3. The van der Waals surface area contributed by atoms with Gasteiger partial charge >= 0.3 is 0 Å². The number of ether oxygens (including phenoxy) is 1. The number of nitrogen functional groups attached to an aromatic ring is 1. The molecule has 0 unspecified atom stereocenters. The van der Waals surface area contributed by atoms with E-state index in [0.717, 1.165) is 5.75 Å². The number of rotatable bonds is 6. The van der Waals surface area contributed by atoms with E-state index in [9.17, 15) is 4.79 Å². The summed E-state index contributed by atoms with van der Waals surface area (Å²) in [5.41, 5.74) is 11.9. The van der Waals surface area contributed by atoms with Crippen molar-refractivity contribution < 1.29 is 9.53 Å². The summed E-state index contributed by atoms with van der Waals surface area (Å²) in [6, 6.07) is 10.3. The average molecular weight is 272 g/mol. The third-order valence-electron chi connectivity index (χ3n) is 2.60. The van der Waals surface area contributed by atoms with Crippen LogP contribution >= 0.6 is 0 Å². The summed E-state index contributed by atoms with van der Waals surface area (Å²) in [4.78, 5) is 15.1. The fraction of sp³-hybridized carbons (Fsp3) is 0.143. The van der Waals surface area contributed by atoms with Gasteiger partial charge in [0.25, 0.3) is 0 Å². The van der Waals surface area contributed by atoms with Crippen LogP contribution in [0.4, 0.5) is 11.5 Å². The first kappa shape index (κ1) is 13.7. The molecular formula is C14H16N4O2. The number of benzene rings is 1. The molecule has 0 spiro atoms. The molecule has 1 heterocycles. The first-order valence-corrected chi connectivity index (χ1v) is 6.13. The van der Waals surface area contributed by atoms with Crippen LogP contribution in [-0.2, 0) is 0 Å². The van der Waals surface area contributed by atoms with Crippen LogP contribution in [0.15, 0.2) is 42.6 Å². The van der Waals surface area contributed by atoms with E-state index < -0.39 is 5.91 Å². The fourth-order valence-electron chi connectivity index (χ4n) is 1.59. The van der Waals surface area contributed by atoms with Crippen LogP contribution in [0.25, 0.3) is 0 Å². The van der Waals surface area contributed by atoms with E-state index in [1.807, 2.05) is 0 Å². The SMILES string of the molecule is NC(=O)c1ccnc(NCCOc2ccc(N)cc2)c1. The van der Waals surface area contributed by atoms with Gasteiger partial charge in [-0.1, -0.05) is 0 Å². The van der Waals surface area contributed by atoms with Crippen molar-refractivity contribution in [2.75, 3.05) is 24.2 Å². The molecule has 0 fully saturated rings. The number of nitrogens with zero attached hydrogens (tertiary/aromatic N) is 1. The number of pyridine rings is 1. The predicted molar refractivity (Wildman–Crippen MR) is 77.6 cm³/mol. The minimum atomic E-state index is -0.478. The highest BCUT2D eigenvalue weighted by atomic mass is 16.5. The third-order valence-corrected chi connectivity index (χ3v) is 2.60. The quantitative estimate of drug-likeness (QED) is 0.542. The van der Waals surface area contributed by atoms with Crippen molar-refractivity contribution in [2.45, 2.75) is 0 Å². The smallest absolute Gasteiger partial charge is 0.248 e. The maximum Gasteiger partial charge on any atom is 0.248 e. The number of primary amides is 1. The molecule has 1 aromatic carbocycles. The Bertz CT molecular complexity index is 584. The second-order valence-electron chi connectivity index (χ2n) is 4.14. The van der Waals surface area contributed by atoms with E-state index in [0.29, 0.717) is 30.2 Å². The number of hydrogen-bond acceptors (Lipinski definition) is 5. The van der Waals surface area contributed by atoms with Gasteiger partial charge in [-0.2, -0.15) is 0 Å². The zero-order chi connectivity index (χ0) is 14.4. The van der Waals surface area contributed by atoms with Crippen molar-refractivity contribution in [1.29, 1.82) is 0 Å². The summed E-state index contributed by atoms with van der Waals surface area (Å²) in [6.07, 6.45) is 1.53. The highest BCUT2D eigenvalue weighted by Crippen LogP contribution is 2.13. The summed E-state index contributed by atoms with van der Waals surface area (Å²) < 4.78 is 5.52. The number of nitrogens with one attached hydrogen (secondary N) is 1. The molecule has 1 aromatic heterocycles. The van der Waals surface area contributed by atoms with Gasteiger partial charge in [0.1, 0.15) is 18.2 Å². The second kappa shape index (κ2) is 6.42. The van der Waals surface area contributed by atoms with Gasteiger partial charge in [0.2, 0.25) is 5.91 Å². The monoisotopic (exact) mass is 272 g/mol. The Morgan fingerprint density at radius 3 is 2.70 bits per heavy atom. The van der Waals surface area contributed by atoms with Crippen LogP contribution in [-0.4, -0.2) is 24.0 Å². The van der Waals surface area contributed by atoms with Gasteiger partial charge < -0.3 is 21.5 Å². The number of nitrogens with two attached hydrogens (primary N) is 2. The molecule has 0 atom stereocenters. The Hall–Kier alpha value is -2.76. The molecule has 0 aliphatic rings. The first-order valence-electron chi connectivity index (χ1n) is 6.13. The second-order valence-corrected chi connectivity index (χ2v) is 4.14. The molecule has 104 valence electrons. The van der Waals surface area contributed by atoms with Gasteiger partial charge in [-0.15, -0.1) is 0 Å². The molecule has 6 nitrogen and oxygen atoms in total.